The second kappa shape index (κ2) is 12.6. The Hall–Kier alpha value is -4.71. The standard InChI is InChI=1S/C34H45N9O3/c1-9-27(44)38-24-18-36-42(20-24)25-12-10-11-22(15-25)19-41(32(45)46)28-16-26(37-23-13-14-34(7,8)35-17-23)39-31-29(21(2)3)30(33(4,5)6)40-43(28)31/h9-12,15-16,18,20-21,23,35H,1,13-14,17,19H2,2-8H3,(H,37,39)(H,38,44)(H,45,46). The minimum absolute atomic E-state index is 0.0595. The number of piperidine rings is 1. The summed E-state index contributed by atoms with van der Waals surface area (Å²) in [6, 6.07) is 9.40. The largest absolute Gasteiger partial charge is 0.465 e. The van der Waals surface area contributed by atoms with Gasteiger partial charge in [-0.3, -0.25) is 9.69 Å². The molecule has 0 spiro atoms. The second-order valence-corrected chi connectivity index (χ2v) is 14.0. The van der Waals surface area contributed by atoms with Gasteiger partial charge in [-0.05, 0) is 56.4 Å². The lowest BCUT2D eigenvalue weighted by molar-refractivity contribution is -0.111. The third-order valence-corrected chi connectivity index (χ3v) is 8.25. The second-order valence-electron chi connectivity index (χ2n) is 14.0. The molecular weight excluding hydrogens is 582 g/mol. The SMILES string of the molecule is C=CC(=O)Nc1cnn(-c2cccc(CN(C(=O)O)c3cc(NC4CCC(C)(C)NC4)nc4c(C(C)C)c(C(C)(C)C)nn34)c2)c1. The van der Waals surface area contributed by atoms with Crippen molar-refractivity contribution in [1.29, 1.82) is 0 Å². The lowest BCUT2D eigenvalue weighted by Gasteiger charge is -2.36. The van der Waals surface area contributed by atoms with E-state index in [4.69, 9.17) is 10.1 Å². The molecule has 4 heterocycles. The van der Waals surface area contributed by atoms with Crippen LogP contribution in [-0.4, -0.2) is 59.6 Å². The lowest BCUT2D eigenvalue weighted by Crippen LogP contribution is -2.50. The lowest BCUT2D eigenvalue weighted by atomic mass is 9.86. The maximum Gasteiger partial charge on any atom is 0.413 e. The minimum Gasteiger partial charge on any atom is -0.465 e. The molecule has 46 heavy (non-hydrogen) atoms. The van der Waals surface area contributed by atoms with Crippen LogP contribution in [0.15, 0.2) is 55.4 Å². The van der Waals surface area contributed by atoms with Crippen LogP contribution in [0.3, 0.4) is 0 Å². The number of benzene rings is 1. The van der Waals surface area contributed by atoms with E-state index >= 15 is 0 Å². The smallest absolute Gasteiger partial charge is 0.413 e. The molecule has 1 aromatic carbocycles. The van der Waals surface area contributed by atoms with Crippen molar-refractivity contribution in [2.24, 2.45) is 0 Å². The van der Waals surface area contributed by atoms with Crippen LogP contribution in [0.2, 0.25) is 0 Å². The molecule has 12 heteroatoms. The Bertz CT molecular complexity index is 1750. The van der Waals surface area contributed by atoms with Crippen molar-refractivity contribution >= 4 is 35.0 Å². The number of hydrogen-bond acceptors (Lipinski definition) is 7. The normalized spacial score (nSPS) is 16.4. The van der Waals surface area contributed by atoms with Gasteiger partial charge >= 0.3 is 6.09 Å². The average molecular weight is 628 g/mol. The molecule has 4 aromatic rings. The molecule has 1 atom stereocenters. The number of carbonyl (C=O) groups is 2. The number of fused-ring (bicyclic) bond motifs is 1. The Morgan fingerprint density at radius 3 is 2.65 bits per heavy atom. The number of hydrogen-bond donors (Lipinski definition) is 4. The highest BCUT2D eigenvalue weighted by Crippen LogP contribution is 2.35. The molecule has 4 N–H and O–H groups in total. The van der Waals surface area contributed by atoms with Crippen LogP contribution in [0.4, 0.5) is 22.1 Å². The fraction of sp³-hybridized carbons (Fsp3) is 0.441. The van der Waals surface area contributed by atoms with Crippen LogP contribution in [0.5, 0.6) is 0 Å². The summed E-state index contributed by atoms with van der Waals surface area (Å²) in [6.07, 6.45) is 5.28. The number of nitrogens with zero attached hydrogens (tertiary/aromatic N) is 6. The first-order chi connectivity index (χ1) is 21.6. The van der Waals surface area contributed by atoms with Crippen LogP contribution in [-0.2, 0) is 16.8 Å². The number of anilines is 3. The number of carbonyl (C=O) groups excluding carboxylic acids is 1. The Labute approximate surface area is 269 Å². The van der Waals surface area contributed by atoms with Crippen LogP contribution >= 0.6 is 0 Å². The summed E-state index contributed by atoms with van der Waals surface area (Å²) in [4.78, 5) is 31.1. The predicted molar refractivity (Wildman–Crippen MR) is 181 cm³/mol. The summed E-state index contributed by atoms with van der Waals surface area (Å²) < 4.78 is 3.31. The van der Waals surface area contributed by atoms with E-state index < -0.39 is 6.09 Å². The first-order valence-corrected chi connectivity index (χ1v) is 15.7. The number of aromatic nitrogens is 5. The first kappa shape index (κ1) is 32.7. The van der Waals surface area contributed by atoms with Gasteiger partial charge in [-0.2, -0.15) is 14.7 Å². The maximum atomic E-state index is 13.0. The van der Waals surface area contributed by atoms with E-state index in [-0.39, 0.29) is 35.4 Å². The van der Waals surface area contributed by atoms with E-state index in [1.54, 1.807) is 27.7 Å². The molecule has 3 aromatic heterocycles. The molecule has 1 aliphatic heterocycles. The van der Waals surface area contributed by atoms with Crippen molar-refractivity contribution in [2.45, 2.75) is 90.8 Å². The maximum absolute atomic E-state index is 13.0. The van der Waals surface area contributed by atoms with E-state index in [2.05, 4.69) is 76.1 Å². The Kier molecular flexibility index (Phi) is 8.94. The van der Waals surface area contributed by atoms with Gasteiger partial charge in [0.1, 0.15) is 11.6 Å². The van der Waals surface area contributed by atoms with Crippen molar-refractivity contribution in [2.75, 3.05) is 22.1 Å². The quantitative estimate of drug-likeness (QED) is 0.164. The summed E-state index contributed by atoms with van der Waals surface area (Å²) in [5.41, 5.74) is 4.32. The minimum atomic E-state index is -1.11. The van der Waals surface area contributed by atoms with Crippen LogP contribution in [0.25, 0.3) is 11.3 Å². The fourth-order valence-electron chi connectivity index (χ4n) is 5.78. The summed E-state index contributed by atoms with van der Waals surface area (Å²) in [5.74, 6) is 0.798. The van der Waals surface area contributed by atoms with Gasteiger partial charge in [0.2, 0.25) is 5.91 Å². The van der Waals surface area contributed by atoms with Crippen molar-refractivity contribution in [1.82, 2.24) is 29.7 Å². The highest BCUT2D eigenvalue weighted by molar-refractivity contribution is 5.98. The molecule has 12 nitrogen and oxygen atoms in total. The molecule has 1 aliphatic rings. The summed E-state index contributed by atoms with van der Waals surface area (Å²) in [7, 11) is 0. The van der Waals surface area contributed by atoms with Crippen LogP contribution < -0.4 is 20.9 Å². The number of rotatable bonds is 9. The van der Waals surface area contributed by atoms with Crippen LogP contribution in [0, 0.1) is 0 Å². The molecule has 0 saturated carbocycles. The van der Waals surface area contributed by atoms with Gasteiger partial charge < -0.3 is 21.1 Å². The van der Waals surface area contributed by atoms with E-state index in [0.29, 0.717) is 28.7 Å². The van der Waals surface area contributed by atoms with Crippen molar-refractivity contribution < 1.29 is 14.7 Å². The molecule has 0 radical (unpaired) electrons. The predicted octanol–water partition coefficient (Wildman–Crippen LogP) is 6.09. The summed E-state index contributed by atoms with van der Waals surface area (Å²) in [6.45, 7) is 19.3. The molecule has 1 unspecified atom stereocenters. The van der Waals surface area contributed by atoms with E-state index in [9.17, 15) is 14.7 Å². The fourth-order valence-corrected chi connectivity index (χ4v) is 5.78. The zero-order valence-corrected chi connectivity index (χ0v) is 27.8. The van der Waals surface area contributed by atoms with Gasteiger partial charge in [-0.15, -0.1) is 0 Å². The number of amides is 2. The third-order valence-electron chi connectivity index (χ3n) is 8.25. The Morgan fingerprint density at radius 1 is 1.26 bits per heavy atom. The monoisotopic (exact) mass is 627 g/mol. The summed E-state index contributed by atoms with van der Waals surface area (Å²) in [5, 5.41) is 29.9. The molecule has 2 amide bonds. The highest BCUT2D eigenvalue weighted by atomic mass is 16.4. The van der Waals surface area contributed by atoms with E-state index in [1.807, 2.05) is 24.3 Å². The Morgan fingerprint density at radius 2 is 2.02 bits per heavy atom. The van der Waals surface area contributed by atoms with Crippen molar-refractivity contribution in [3.8, 4) is 5.69 Å². The highest BCUT2D eigenvalue weighted by Gasteiger charge is 2.31. The molecular formula is C34H45N9O3. The topological polar surface area (TPSA) is 142 Å². The number of carboxylic acid groups (broad SMARTS) is 1. The van der Waals surface area contributed by atoms with Gasteiger partial charge in [0, 0.05) is 35.2 Å². The van der Waals surface area contributed by atoms with Gasteiger partial charge in [0.15, 0.2) is 5.65 Å². The molecule has 1 fully saturated rings. The van der Waals surface area contributed by atoms with Gasteiger partial charge in [0.05, 0.1) is 36.0 Å². The zero-order valence-electron chi connectivity index (χ0n) is 27.8. The molecule has 244 valence electrons. The molecule has 1 saturated heterocycles. The first-order valence-electron chi connectivity index (χ1n) is 15.7. The van der Waals surface area contributed by atoms with Gasteiger partial charge in [0.25, 0.3) is 0 Å². The molecule has 0 aliphatic carbocycles. The molecule has 5 rings (SSSR count). The van der Waals surface area contributed by atoms with Crippen LogP contribution in [0.1, 0.15) is 84.0 Å². The van der Waals surface area contributed by atoms with Gasteiger partial charge in [-0.25, -0.2) is 14.5 Å². The third kappa shape index (κ3) is 7.07. The Balaban J connectivity index is 1.56. The zero-order chi connectivity index (χ0) is 33.4. The van der Waals surface area contributed by atoms with E-state index in [0.717, 1.165) is 36.2 Å². The number of nitrogens with one attached hydrogen (secondary N) is 3. The van der Waals surface area contributed by atoms with Crippen molar-refractivity contribution in [3.63, 3.8) is 0 Å². The van der Waals surface area contributed by atoms with Gasteiger partial charge in [-0.1, -0.05) is 53.3 Å². The average Bonchev–Trinajstić information content (AvgIpc) is 3.62. The van der Waals surface area contributed by atoms with E-state index in [1.165, 1.54) is 11.0 Å². The summed E-state index contributed by atoms with van der Waals surface area (Å²) >= 11 is 0. The molecule has 0 bridgehead atoms. The van der Waals surface area contributed by atoms with Crippen molar-refractivity contribution in [3.05, 3.63) is 72.2 Å².